The molecule has 0 atom stereocenters. The van der Waals surface area contributed by atoms with Crippen molar-refractivity contribution >= 4 is 17.8 Å². The van der Waals surface area contributed by atoms with Crippen LogP contribution in [0.2, 0.25) is 0 Å². The number of para-hydroxylation sites is 1. The Morgan fingerprint density at radius 1 is 1.25 bits per heavy atom. The summed E-state index contributed by atoms with van der Waals surface area (Å²) in [6.45, 7) is 5.86. The van der Waals surface area contributed by atoms with Gasteiger partial charge in [0.25, 0.3) is 0 Å². The molecule has 0 heterocycles. The van der Waals surface area contributed by atoms with E-state index in [1.165, 1.54) is 6.08 Å². The second-order valence-corrected chi connectivity index (χ2v) is 4.49. The van der Waals surface area contributed by atoms with Crippen molar-refractivity contribution in [2.24, 2.45) is 0 Å². The molecule has 0 amide bonds. The van der Waals surface area contributed by atoms with Crippen LogP contribution in [0.1, 0.15) is 32.8 Å². The maximum Gasteiger partial charge on any atom is 0.313 e. The Hall–Kier alpha value is -2.10. The molecule has 0 N–H and O–H groups in total. The normalized spacial score (nSPS) is 10.8. The zero-order valence-electron chi connectivity index (χ0n) is 12.1. The fraction of sp³-hybridized carbons (Fsp3) is 0.375. The number of allylic oxidation sites excluding steroid dienone is 1. The highest BCUT2D eigenvalue weighted by atomic mass is 16.5. The third kappa shape index (κ3) is 5.69. The van der Waals surface area contributed by atoms with Crippen LogP contribution < -0.4 is 4.74 Å². The first kappa shape index (κ1) is 16.0. The lowest BCUT2D eigenvalue weighted by atomic mass is 10.1. The molecule has 108 valence electrons. The maximum absolute atomic E-state index is 11.6. The fourth-order valence-corrected chi connectivity index (χ4v) is 1.58. The van der Waals surface area contributed by atoms with Crippen LogP contribution in [-0.2, 0) is 14.3 Å². The van der Waals surface area contributed by atoms with Gasteiger partial charge in [0.2, 0.25) is 0 Å². The summed E-state index contributed by atoms with van der Waals surface area (Å²) in [5, 5.41) is 0. The Morgan fingerprint density at radius 3 is 2.60 bits per heavy atom. The number of benzene rings is 1. The van der Waals surface area contributed by atoms with E-state index in [4.69, 9.17) is 9.47 Å². The molecule has 0 unspecified atom stereocenters. The van der Waals surface area contributed by atoms with Crippen LogP contribution >= 0.6 is 0 Å². The van der Waals surface area contributed by atoms with Gasteiger partial charge in [0.1, 0.15) is 12.2 Å². The van der Waals surface area contributed by atoms with E-state index in [9.17, 15) is 9.59 Å². The van der Waals surface area contributed by atoms with Gasteiger partial charge in [0, 0.05) is 5.56 Å². The Labute approximate surface area is 119 Å². The number of ketones is 1. The minimum Gasteiger partial charge on any atom is -0.490 e. The van der Waals surface area contributed by atoms with Crippen LogP contribution in [0.3, 0.4) is 0 Å². The van der Waals surface area contributed by atoms with Crippen LogP contribution in [0.4, 0.5) is 0 Å². The monoisotopic (exact) mass is 276 g/mol. The third-order valence-electron chi connectivity index (χ3n) is 2.35. The summed E-state index contributed by atoms with van der Waals surface area (Å²) in [6.07, 6.45) is 2.84. The molecule has 1 aromatic carbocycles. The highest BCUT2D eigenvalue weighted by Crippen LogP contribution is 2.20. The lowest BCUT2D eigenvalue weighted by molar-refractivity contribution is -0.144. The van der Waals surface area contributed by atoms with Crippen molar-refractivity contribution in [3.8, 4) is 5.75 Å². The van der Waals surface area contributed by atoms with Crippen molar-refractivity contribution in [2.45, 2.75) is 33.3 Å². The molecule has 1 aromatic rings. The Bertz CT molecular complexity index is 489. The first-order valence-electron chi connectivity index (χ1n) is 6.65. The smallest absolute Gasteiger partial charge is 0.313 e. The number of rotatable bonds is 7. The quantitative estimate of drug-likeness (QED) is 0.436. The van der Waals surface area contributed by atoms with Gasteiger partial charge in [-0.2, -0.15) is 0 Å². The third-order valence-corrected chi connectivity index (χ3v) is 2.35. The van der Waals surface area contributed by atoms with Crippen LogP contribution in [0.25, 0.3) is 6.08 Å². The van der Waals surface area contributed by atoms with E-state index in [2.05, 4.69) is 0 Å². The molecule has 20 heavy (non-hydrogen) atoms. The van der Waals surface area contributed by atoms with Gasteiger partial charge >= 0.3 is 5.97 Å². The van der Waals surface area contributed by atoms with E-state index in [1.54, 1.807) is 13.0 Å². The molecule has 1 rings (SSSR count). The number of hydrogen-bond donors (Lipinski definition) is 0. The molecular weight excluding hydrogens is 256 g/mol. The van der Waals surface area contributed by atoms with Crippen LogP contribution in [0.15, 0.2) is 30.3 Å². The second kappa shape index (κ2) is 8.15. The lowest BCUT2D eigenvalue weighted by Gasteiger charge is -2.11. The zero-order chi connectivity index (χ0) is 15.0. The lowest BCUT2D eigenvalue weighted by Crippen LogP contribution is -2.09. The van der Waals surface area contributed by atoms with E-state index in [1.807, 2.05) is 38.1 Å². The summed E-state index contributed by atoms with van der Waals surface area (Å²) in [6, 6.07) is 7.43. The number of carbonyl (C=O) groups excluding carboxylic acids is 2. The largest absolute Gasteiger partial charge is 0.490 e. The topological polar surface area (TPSA) is 52.6 Å². The van der Waals surface area contributed by atoms with Crippen molar-refractivity contribution in [1.82, 2.24) is 0 Å². The first-order chi connectivity index (χ1) is 9.52. The minimum absolute atomic E-state index is 0.0554. The molecule has 0 saturated carbocycles. The first-order valence-corrected chi connectivity index (χ1v) is 6.65. The molecular formula is C16H20O4. The van der Waals surface area contributed by atoms with Crippen molar-refractivity contribution in [1.29, 1.82) is 0 Å². The molecule has 0 bridgehead atoms. The Balaban J connectivity index is 2.70. The molecule has 0 fully saturated rings. The van der Waals surface area contributed by atoms with Crippen molar-refractivity contribution in [3.63, 3.8) is 0 Å². The van der Waals surface area contributed by atoms with E-state index in [0.717, 1.165) is 5.56 Å². The fourth-order valence-electron chi connectivity index (χ4n) is 1.58. The molecule has 0 aliphatic rings. The summed E-state index contributed by atoms with van der Waals surface area (Å²) in [4.78, 5) is 22.8. The number of esters is 1. The minimum atomic E-state index is -0.506. The van der Waals surface area contributed by atoms with Crippen molar-refractivity contribution in [3.05, 3.63) is 35.9 Å². The predicted octanol–water partition coefficient (Wildman–Crippen LogP) is 3.01. The summed E-state index contributed by atoms with van der Waals surface area (Å²) < 4.78 is 10.4. The Kier molecular flexibility index (Phi) is 6.50. The molecule has 4 nitrogen and oxygen atoms in total. The molecule has 0 radical (unpaired) electrons. The molecule has 0 aliphatic heterocycles. The maximum atomic E-state index is 11.6. The van der Waals surface area contributed by atoms with Gasteiger partial charge in [-0.1, -0.05) is 18.2 Å². The molecule has 0 spiro atoms. The highest BCUT2D eigenvalue weighted by Gasteiger charge is 2.08. The van der Waals surface area contributed by atoms with Gasteiger partial charge in [0.05, 0.1) is 12.7 Å². The average Bonchev–Trinajstić information content (AvgIpc) is 2.37. The van der Waals surface area contributed by atoms with Gasteiger partial charge in [-0.25, -0.2) is 0 Å². The molecule has 0 saturated heterocycles. The SMILES string of the molecule is CCOC(=O)CC(=O)C=Cc1ccccc1OC(C)C. The van der Waals surface area contributed by atoms with Crippen molar-refractivity contribution in [2.75, 3.05) is 6.61 Å². The molecule has 4 heteroatoms. The van der Waals surface area contributed by atoms with Gasteiger partial charge < -0.3 is 9.47 Å². The summed E-state index contributed by atoms with van der Waals surface area (Å²) in [5.74, 6) is -0.0839. The van der Waals surface area contributed by atoms with Crippen LogP contribution in [0.5, 0.6) is 5.75 Å². The van der Waals surface area contributed by atoms with Gasteiger partial charge in [-0.05, 0) is 39.0 Å². The van der Waals surface area contributed by atoms with Gasteiger partial charge in [-0.3, -0.25) is 9.59 Å². The standard InChI is InChI=1S/C16H20O4/c1-4-19-16(18)11-14(17)10-9-13-7-5-6-8-15(13)20-12(2)3/h5-10,12H,4,11H2,1-3H3. The Morgan fingerprint density at radius 2 is 1.95 bits per heavy atom. The second-order valence-electron chi connectivity index (χ2n) is 4.49. The summed E-state index contributed by atoms with van der Waals surface area (Å²) in [7, 11) is 0. The number of ether oxygens (including phenoxy) is 2. The van der Waals surface area contributed by atoms with Gasteiger partial charge in [-0.15, -0.1) is 0 Å². The predicted molar refractivity (Wildman–Crippen MR) is 77.5 cm³/mol. The highest BCUT2D eigenvalue weighted by molar-refractivity contribution is 6.04. The number of hydrogen-bond acceptors (Lipinski definition) is 4. The van der Waals surface area contributed by atoms with Crippen LogP contribution in [0, 0.1) is 0 Å². The molecule has 0 aromatic heterocycles. The summed E-state index contributed by atoms with van der Waals surface area (Å²) in [5.41, 5.74) is 0.804. The summed E-state index contributed by atoms with van der Waals surface area (Å²) >= 11 is 0. The molecule has 0 aliphatic carbocycles. The average molecular weight is 276 g/mol. The number of carbonyl (C=O) groups is 2. The van der Waals surface area contributed by atoms with E-state index >= 15 is 0 Å². The van der Waals surface area contributed by atoms with E-state index in [0.29, 0.717) is 5.75 Å². The van der Waals surface area contributed by atoms with Crippen LogP contribution in [-0.4, -0.2) is 24.5 Å². The van der Waals surface area contributed by atoms with Gasteiger partial charge in [0.15, 0.2) is 5.78 Å². The van der Waals surface area contributed by atoms with E-state index < -0.39 is 5.97 Å². The van der Waals surface area contributed by atoms with E-state index in [-0.39, 0.29) is 24.9 Å². The zero-order valence-corrected chi connectivity index (χ0v) is 12.1. The van der Waals surface area contributed by atoms with Crippen molar-refractivity contribution < 1.29 is 19.1 Å².